The molecule has 0 unspecified atom stereocenters. The Hall–Kier alpha value is -1.15. The monoisotopic (exact) mass is 427 g/mol. The fraction of sp³-hybridized carbons (Fsp3) is 0.650. The molecular weight excluding hydrogens is 398 g/mol. The largest absolute Gasteiger partial charge is 0.336 e. The Kier molecular flexibility index (Phi) is 7.02. The van der Waals surface area contributed by atoms with E-state index >= 15 is 0 Å². The van der Waals surface area contributed by atoms with Gasteiger partial charge in [0.25, 0.3) is 5.91 Å². The highest BCUT2D eigenvalue weighted by Gasteiger charge is 2.30. The van der Waals surface area contributed by atoms with Crippen molar-refractivity contribution in [3.05, 3.63) is 28.8 Å². The molecule has 1 saturated carbocycles. The summed E-state index contributed by atoms with van der Waals surface area (Å²) in [5, 5.41) is 0.148. The zero-order valence-electron chi connectivity index (χ0n) is 16.7. The number of carbonyl (C=O) groups is 1. The van der Waals surface area contributed by atoms with Gasteiger partial charge >= 0.3 is 0 Å². The van der Waals surface area contributed by atoms with Gasteiger partial charge in [0, 0.05) is 50.9 Å². The Labute approximate surface area is 173 Å². The molecule has 1 aliphatic heterocycles. The fourth-order valence-corrected chi connectivity index (χ4v) is 6.24. The van der Waals surface area contributed by atoms with Gasteiger partial charge < -0.3 is 4.90 Å². The number of rotatable bonds is 6. The van der Waals surface area contributed by atoms with Crippen LogP contribution in [0.5, 0.6) is 0 Å². The number of hydrogen-bond donors (Lipinski definition) is 0. The second-order valence-electron chi connectivity index (χ2n) is 7.50. The zero-order valence-corrected chi connectivity index (χ0v) is 18.3. The third-order valence-corrected chi connectivity index (χ3v) is 8.48. The molecule has 0 radical (unpaired) electrons. The first-order valence-corrected chi connectivity index (χ1v) is 12.0. The van der Waals surface area contributed by atoms with E-state index in [4.69, 9.17) is 11.6 Å². The van der Waals surface area contributed by atoms with Crippen LogP contribution in [0.15, 0.2) is 23.1 Å². The van der Waals surface area contributed by atoms with E-state index in [2.05, 4.69) is 4.90 Å². The summed E-state index contributed by atoms with van der Waals surface area (Å²) >= 11 is 6.18. The lowest BCUT2D eigenvalue weighted by atomic mass is 10.1. The maximum absolute atomic E-state index is 13.0. The first kappa shape index (κ1) is 21.6. The van der Waals surface area contributed by atoms with Crippen molar-refractivity contribution >= 4 is 27.5 Å². The molecule has 1 aromatic rings. The first-order valence-electron chi connectivity index (χ1n) is 10.2. The predicted octanol–water partition coefficient (Wildman–Crippen LogP) is 3.07. The molecule has 6 nitrogen and oxygen atoms in total. The van der Waals surface area contributed by atoms with Gasteiger partial charge in [-0.05, 0) is 31.0 Å². The van der Waals surface area contributed by atoms with Crippen molar-refractivity contribution in [2.45, 2.75) is 50.5 Å². The van der Waals surface area contributed by atoms with Gasteiger partial charge in [0.05, 0.1) is 5.02 Å². The summed E-state index contributed by atoms with van der Waals surface area (Å²) in [5.74, 6) is -0.126. The van der Waals surface area contributed by atoms with Crippen molar-refractivity contribution in [1.29, 1.82) is 0 Å². The van der Waals surface area contributed by atoms with Crippen LogP contribution in [0, 0.1) is 0 Å². The molecule has 1 amide bonds. The average Bonchev–Trinajstić information content (AvgIpc) is 3.23. The quantitative estimate of drug-likeness (QED) is 0.700. The van der Waals surface area contributed by atoms with Crippen molar-refractivity contribution in [1.82, 2.24) is 14.1 Å². The molecule has 1 saturated heterocycles. The third kappa shape index (κ3) is 4.37. The first-order chi connectivity index (χ1) is 13.4. The van der Waals surface area contributed by atoms with E-state index in [1.54, 1.807) is 19.9 Å². The second kappa shape index (κ2) is 9.11. The normalized spacial score (nSPS) is 19.5. The summed E-state index contributed by atoms with van der Waals surface area (Å²) in [5.41, 5.74) is 0.379. The number of sulfonamides is 1. The van der Waals surface area contributed by atoms with E-state index in [-0.39, 0.29) is 15.8 Å². The zero-order chi connectivity index (χ0) is 20.3. The number of nitrogens with zero attached hydrogens (tertiary/aromatic N) is 3. The molecule has 2 aliphatic rings. The van der Waals surface area contributed by atoms with Crippen LogP contribution < -0.4 is 0 Å². The van der Waals surface area contributed by atoms with Crippen LogP contribution in [0.4, 0.5) is 0 Å². The predicted molar refractivity (Wildman–Crippen MR) is 111 cm³/mol. The second-order valence-corrected chi connectivity index (χ2v) is 9.81. The molecule has 0 aromatic heterocycles. The van der Waals surface area contributed by atoms with E-state index < -0.39 is 10.0 Å². The summed E-state index contributed by atoms with van der Waals surface area (Å²) in [6, 6.07) is 5.23. The number of amides is 1. The summed E-state index contributed by atoms with van der Waals surface area (Å²) in [4.78, 5) is 17.3. The van der Waals surface area contributed by atoms with Crippen molar-refractivity contribution in [2.75, 3.05) is 39.3 Å². The minimum absolute atomic E-state index is 0.00769. The fourth-order valence-electron chi connectivity index (χ4n) is 4.28. The molecule has 28 heavy (non-hydrogen) atoms. The van der Waals surface area contributed by atoms with Crippen LogP contribution in [0.3, 0.4) is 0 Å². The number of piperazine rings is 1. The lowest BCUT2D eigenvalue weighted by molar-refractivity contribution is 0.0573. The van der Waals surface area contributed by atoms with Gasteiger partial charge in [-0.3, -0.25) is 9.69 Å². The van der Waals surface area contributed by atoms with Crippen LogP contribution >= 0.6 is 11.6 Å². The van der Waals surface area contributed by atoms with E-state index in [0.717, 1.165) is 13.1 Å². The summed E-state index contributed by atoms with van der Waals surface area (Å²) < 4.78 is 27.1. The Bertz CT molecular complexity index is 797. The molecule has 8 heteroatoms. The van der Waals surface area contributed by atoms with E-state index in [9.17, 15) is 13.2 Å². The molecule has 1 heterocycles. The smallest absolute Gasteiger partial charge is 0.253 e. The van der Waals surface area contributed by atoms with Gasteiger partial charge in [-0.1, -0.05) is 38.3 Å². The van der Waals surface area contributed by atoms with E-state index in [1.165, 1.54) is 42.1 Å². The van der Waals surface area contributed by atoms with Crippen molar-refractivity contribution < 1.29 is 13.2 Å². The molecule has 2 fully saturated rings. The molecule has 1 aliphatic carbocycles. The van der Waals surface area contributed by atoms with Crippen LogP contribution in [0.2, 0.25) is 5.02 Å². The Morgan fingerprint density at radius 3 is 2.29 bits per heavy atom. The number of carbonyl (C=O) groups excluding carboxylic acids is 1. The van der Waals surface area contributed by atoms with Crippen molar-refractivity contribution in [3.63, 3.8) is 0 Å². The molecule has 3 rings (SSSR count). The highest BCUT2D eigenvalue weighted by atomic mass is 35.5. The van der Waals surface area contributed by atoms with Gasteiger partial charge in [-0.15, -0.1) is 0 Å². The molecular formula is C20H30ClN3O3S. The summed E-state index contributed by atoms with van der Waals surface area (Å²) in [6.45, 7) is 7.41. The third-order valence-electron chi connectivity index (χ3n) is 5.94. The number of benzene rings is 1. The van der Waals surface area contributed by atoms with Crippen LogP contribution in [0.25, 0.3) is 0 Å². The molecule has 0 spiro atoms. The van der Waals surface area contributed by atoms with Crippen molar-refractivity contribution in [3.8, 4) is 0 Å². The summed E-state index contributed by atoms with van der Waals surface area (Å²) in [6.07, 6.45) is 5.13. The minimum atomic E-state index is -3.72. The maximum atomic E-state index is 13.0. The SMILES string of the molecule is CCN(CC)S(=O)(=O)c1cc(C(=O)N2CCN(C3CCCC3)CC2)ccc1Cl. The Balaban J connectivity index is 1.74. The van der Waals surface area contributed by atoms with E-state index in [0.29, 0.717) is 37.8 Å². The van der Waals surface area contributed by atoms with Crippen LogP contribution in [0.1, 0.15) is 49.9 Å². The molecule has 0 atom stereocenters. The highest BCUT2D eigenvalue weighted by molar-refractivity contribution is 7.89. The van der Waals surface area contributed by atoms with Crippen molar-refractivity contribution in [2.24, 2.45) is 0 Å². The Morgan fingerprint density at radius 1 is 1.11 bits per heavy atom. The summed E-state index contributed by atoms with van der Waals surface area (Å²) in [7, 11) is -3.72. The maximum Gasteiger partial charge on any atom is 0.253 e. The molecule has 156 valence electrons. The van der Waals surface area contributed by atoms with Gasteiger partial charge in [-0.2, -0.15) is 4.31 Å². The topological polar surface area (TPSA) is 60.9 Å². The number of hydrogen-bond acceptors (Lipinski definition) is 4. The van der Waals surface area contributed by atoms with Gasteiger partial charge in [0.1, 0.15) is 4.90 Å². The van der Waals surface area contributed by atoms with E-state index in [1.807, 2.05) is 4.90 Å². The minimum Gasteiger partial charge on any atom is -0.336 e. The average molecular weight is 428 g/mol. The van der Waals surface area contributed by atoms with Gasteiger partial charge in [-0.25, -0.2) is 8.42 Å². The standard InChI is InChI=1S/C20H30ClN3O3S/c1-3-24(4-2)28(26,27)19-15-16(9-10-18(19)21)20(25)23-13-11-22(12-14-23)17-7-5-6-8-17/h9-10,15,17H,3-8,11-14H2,1-2H3. The Morgan fingerprint density at radius 2 is 1.71 bits per heavy atom. The molecule has 0 bridgehead atoms. The molecule has 0 N–H and O–H groups in total. The molecule has 1 aromatic carbocycles. The highest BCUT2D eigenvalue weighted by Crippen LogP contribution is 2.27. The van der Waals surface area contributed by atoms with Crippen LogP contribution in [-0.4, -0.2) is 73.7 Å². The van der Waals surface area contributed by atoms with Crippen LogP contribution in [-0.2, 0) is 10.0 Å². The number of halogens is 1. The van der Waals surface area contributed by atoms with Gasteiger partial charge in [0.15, 0.2) is 0 Å². The lowest BCUT2D eigenvalue weighted by Gasteiger charge is -2.38. The van der Waals surface area contributed by atoms with Gasteiger partial charge in [0.2, 0.25) is 10.0 Å². The lowest BCUT2D eigenvalue weighted by Crippen LogP contribution is -2.51.